The number of rotatable bonds is 9. The lowest BCUT2D eigenvalue weighted by molar-refractivity contribution is -0.144. The van der Waals surface area contributed by atoms with Crippen LogP contribution >= 0.6 is 0 Å². The summed E-state index contributed by atoms with van der Waals surface area (Å²) in [5.41, 5.74) is 3.09. The first-order valence-electron chi connectivity index (χ1n) is 11.6. The molecule has 4 rings (SSSR count). The number of imidazole rings is 1. The lowest BCUT2D eigenvalue weighted by Gasteiger charge is -2.23. The van der Waals surface area contributed by atoms with Crippen molar-refractivity contribution in [3.05, 3.63) is 41.2 Å². The minimum absolute atomic E-state index is 0.0584. The number of ether oxygens (including phenoxy) is 1. The summed E-state index contributed by atoms with van der Waals surface area (Å²) in [7, 11) is 0. The molecule has 1 aromatic carbocycles. The molecule has 1 aromatic heterocycles. The van der Waals surface area contributed by atoms with Crippen molar-refractivity contribution in [3.8, 4) is 5.75 Å². The number of benzene rings is 1. The van der Waals surface area contributed by atoms with Crippen LogP contribution in [0.2, 0.25) is 0 Å². The first-order valence-corrected chi connectivity index (χ1v) is 11.6. The van der Waals surface area contributed by atoms with E-state index in [0.29, 0.717) is 26.1 Å². The Morgan fingerprint density at radius 1 is 1.34 bits per heavy atom. The molecule has 0 radical (unpaired) electrons. The van der Waals surface area contributed by atoms with Crippen molar-refractivity contribution in [1.29, 1.82) is 0 Å². The number of fused-ring (bicyclic) bond motifs is 2. The molecule has 172 valence electrons. The highest BCUT2D eigenvalue weighted by Crippen LogP contribution is 2.28. The largest absolute Gasteiger partial charge is 0.493 e. The zero-order valence-corrected chi connectivity index (χ0v) is 18.7. The van der Waals surface area contributed by atoms with Gasteiger partial charge in [-0.25, -0.2) is 4.98 Å². The Kier molecular flexibility index (Phi) is 6.97. The summed E-state index contributed by atoms with van der Waals surface area (Å²) >= 11 is 0. The average Bonchev–Trinajstić information content (AvgIpc) is 3.14. The minimum atomic E-state index is -0.932. The van der Waals surface area contributed by atoms with Gasteiger partial charge in [-0.05, 0) is 42.5 Å². The summed E-state index contributed by atoms with van der Waals surface area (Å²) in [6.45, 7) is 5.72. The van der Waals surface area contributed by atoms with Crippen LogP contribution in [-0.4, -0.2) is 51.1 Å². The van der Waals surface area contributed by atoms with Crippen molar-refractivity contribution in [2.24, 2.45) is 5.92 Å². The van der Waals surface area contributed by atoms with E-state index >= 15 is 0 Å². The number of unbranched alkanes of at least 4 members (excludes halogenated alkanes) is 1. The van der Waals surface area contributed by atoms with Crippen molar-refractivity contribution >= 4 is 17.8 Å². The van der Waals surface area contributed by atoms with Crippen LogP contribution in [0.1, 0.15) is 49.4 Å². The molecule has 1 amide bonds. The first kappa shape index (κ1) is 22.2. The quantitative estimate of drug-likeness (QED) is 0.622. The summed E-state index contributed by atoms with van der Waals surface area (Å²) < 4.78 is 8.17. The van der Waals surface area contributed by atoms with E-state index in [2.05, 4.69) is 28.0 Å². The molecule has 2 aliphatic heterocycles. The SMILES string of the molecule is CCCCN1Cc2cc(OCCc3cn4c(n3)NCCC4)ccc2CC(CC(=O)O)C1=O. The lowest BCUT2D eigenvalue weighted by atomic mass is 9.94. The van der Waals surface area contributed by atoms with Crippen molar-refractivity contribution in [2.45, 2.75) is 58.5 Å². The standard InChI is InChI=1S/C24H32N4O4/c1-2-3-9-27-15-19-13-21(6-5-17(19)12-18(23(27)31)14-22(29)30)32-11-7-20-16-28-10-4-8-25-24(28)26-20/h5-6,13,16,18H,2-4,7-12,14-15H2,1H3,(H,25,26)(H,29,30). The van der Waals surface area contributed by atoms with Gasteiger partial charge in [0.1, 0.15) is 5.75 Å². The highest BCUT2D eigenvalue weighted by Gasteiger charge is 2.31. The number of nitrogens with one attached hydrogen (secondary N) is 1. The second-order valence-electron chi connectivity index (χ2n) is 8.67. The fourth-order valence-corrected chi connectivity index (χ4v) is 4.47. The average molecular weight is 441 g/mol. The molecule has 1 unspecified atom stereocenters. The Bertz CT molecular complexity index is 947. The molecule has 0 fully saturated rings. The van der Waals surface area contributed by atoms with Crippen LogP contribution in [-0.2, 0) is 35.5 Å². The number of carbonyl (C=O) groups excluding carboxylic acids is 1. The second kappa shape index (κ2) is 10.1. The van der Waals surface area contributed by atoms with E-state index in [1.165, 1.54) is 0 Å². The fourth-order valence-electron chi connectivity index (χ4n) is 4.47. The predicted molar refractivity (Wildman–Crippen MR) is 121 cm³/mol. The number of aryl methyl sites for hydroxylation is 1. The van der Waals surface area contributed by atoms with Crippen LogP contribution in [0.15, 0.2) is 24.4 Å². The summed E-state index contributed by atoms with van der Waals surface area (Å²) in [5.74, 6) is 0.197. The van der Waals surface area contributed by atoms with Gasteiger partial charge in [0.2, 0.25) is 11.9 Å². The van der Waals surface area contributed by atoms with Gasteiger partial charge < -0.3 is 24.6 Å². The number of aliphatic carboxylic acids is 1. The van der Waals surface area contributed by atoms with Crippen molar-refractivity contribution in [1.82, 2.24) is 14.5 Å². The second-order valence-corrected chi connectivity index (χ2v) is 8.67. The molecule has 0 aliphatic carbocycles. The van der Waals surface area contributed by atoms with Gasteiger partial charge in [0.15, 0.2) is 0 Å². The van der Waals surface area contributed by atoms with E-state index in [4.69, 9.17) is 4.74 Å². The van der Waals surface area contributed by atoms with E-state index in [1.54, 1.807) is 0 Å². The number of aromatic nitrogens is 2. The summed E-state index contributed by atoms with van der Waals surface area (Å²) in [6, 6.07) is 5.91. The zero-order chi connectivity index (χ0) is 22.5. The molecular formula is C24H32N4O4. The number of carboxylic acids is 1. The molecule has 8 nitrogen and oxygen atoms in total. The first-order chi connectivity index (χ1) is 15.5. The Hall–Kier alpha value is -3.03. The van der Waals surface area contributed by atoms with Gasteiger partial charge >= 0.3 is 5.97 Å². The molecule has 32 heavy (non-hydrogen) atoms. The highest BCUT2D eigenvalue weighted by atomic mass is 16.5. The van der Waals surface area contributed by atoms with Crippen molar-refractivity contribution < 1.29 is 19.4 Å². The zero-order valence-electron chi connectivity index (χ0n) is 18.7. The van der Waals surface area contributed by atoms with Crippen LogP contribution in [0.3, 0.4) is 0 Å². The van der Waals surface area contributed by atoms with E-state index in [-0.39, 0.29) is 12.3 Å². The number of carboxylic acid groups (broad SMARTS) is 1. The van der Waals surface area contributed by atoms with Crippen molar-refractivity contribution in [3.63, 3.8) is 0 Å². The van der Waals surface area contributed by atoms with Gasteiger partial charge in [-0.15, -0.1) is 0 Å². The highest BCUT2D eigenvalue weighted by molar-refractivity contribution is 5.84. The molecule has 2 N–H and O–H groups in total. The molecule has 0 spiro atoms. The molecule has 2 aliphatic rings. The molecule has 0 saturated carbocycles. The molecular weight excluding hydrogens is 408 g/mol. The maximum Gasteiger partial charge on any atom is 0.304 e. The maximum absolute atomic E-state index is 13.0. The summed E-state index contributed by atoms with van der Waals surface area (Å²) in [6.07, 6.45) is 6.12. The summed E-state index contributed by atoms with van der Waals surface area (Å²) in [5, 5.41) is 12.6. The monoisotopic (exact) mass is 440 g/mol. The number of nitrogens with zero attached hydrogens (tertiary/aromatic N) is 3. The Morgan fingerprint density at radius 3 is 3.00 bits per heavy atom. The number of anilines is 1. The molecule has 2 aromatic rings. The maximum atomic E-state index is 13.0. The van der Waals surface area contributed by atoms with Crippen LogP contribution in [0.25, 0.3) is 0 Å². The number of hydrogen-bond acceptors (Lipinski definition) is 5. The minimum Gasteiger partial charge on any atom is -0.493 e. The molecule has 1 atom stereocenters. The van der Waals surface area contributed by atoms with Gasteiger partial charge in [0.25, 0.3) is 0 Å². The van der Waals surface area contributed by atoms with Gasteiger partial charge in [0, 0.05) is 38.8 Å². The van der Waals surface area contributed by atoms with Gasteiger partial charge in [0.05, 0.1) is 24.6 Å². The third kappa shape index (κ3) is 5.23. The van der Waals surface area contributed by atoms with E-state index in [0.717, 1.165) is 67.3 Å². The van der Waals surface area contributed by atoms with Gasteiger partial charge in [-0.3, -0.25) is 9.59 Å². The molecule has 8 heteroatoms. The van der Waals surface area contributed by atoms with E-state index in [9.17, 15) is 14.7 Å². The van der Waals surface area contributed by atoms with Gasteiger partial charge in [-0.2, -0.15) is 0 Å². The number of amides is 1. The molecule has 0 saturated heterocycles. The van der Waals surface area contributed by atoms with Crippen LogP contribution in [0.5, 0.6) is 5.75 Å². The van der Waals surface area contributed by atoms with E-state index in [1.807, 2.05) is 23.1 Å². The summed E-state index contributed by atoms with van der Waals surface area (Å²) in [4.78, 5) is 30.7. The third-order valence-electron chi connectivity index (χ3n) is 6.18. The lowest BCUT2D eigenvalue weighted by Crippen LogP contribution is -2.36. The molecule has 3 heterocycles. The topological polar surface area (TPSA) is 96.7 Å². The van der Waals surface area contributed by atoms with E-state index < -0.39 is 11.9 Å². The fraction of sp³-hybridized carbons (Fsp3) is 0.542. The predicted octanol–water partition coefficient (Wildman–Crippen LogP) is 3.10. The normalized spacial score (nSPS) is 17.8. The van der Waals surface area contributed by atoms with Gasteiger partial charge in [-0.1, -0.05) is 19.4 Å². The van der Waals surface area contributed by atoms with Crippen molar-refractivity contribution in [2.75, 3.05) is 25.0 Å². The Balaban J connectivity index is 1.43. The smallest absolute Gasteiger partial charge is 0.304 e. The van der Waals surface area contributed by atoms with Crippen LogP contribution in [0.4, 0.5) is 5.95 Å². The Labute approximate surface area is 188 Å². The van der Waals surface area contributed by atoms with Crippen LogP contribution in [0, 0.1) is 5.92 Å². The third-order valence-corrected chi connectivity index (χ3v) is 6.18. The van der Waals surface area contributed by atoms with Crippen LogP contribution < -0.4 is 10.1 Å². The number of hydrogen-bond donors (Lipinski definition) is 2. The molecule has 0 bridgehead atoms. The Morgan fingerprint density at radius 2 is 2.22 bits per heavy atom. The number of carbonyl (C=O) groups is 2.